The molecular formula is C21H20N2O5S. The van der Waals surface area contributed by atoms with Gasteiger partial charge in [-0.2, -0.15) is 0 Å². The Kier molecular flexibility index (Phi) is 4.76. The molecule has 1 amide bonds. The molecule has 2 N–H and O–H groups in total. The summed E-state index contributed by atoms with van der Waals surface area (Å²) in [5.41, 5.74) is 0.745. The number of carbonyl (C=O) groups excluding carboxylic acids is 1. The van der Waals surface area contributed by atoms with Crippen LogP contribution in [0.15, 0.2) is 59.6 Å². The summed E-state index contributed by atoms with van der Waals surface area (Å²) in [5.74, 6) is -0.117. The van der Waals surface area contributed by atoms with E-state index in [0.29, 0.717) is 40.6 Å². The highest BCUT2D eigenvalue weighted by Crippen LogP contribution is 2.52. The predicted octanol–water partition coefficient (Wildman–Crippen LogP) is 2.27. The van der Waals surface area contributed by atoms with E-state index in [1.54, 1.807) is 48.7 Å². The molecule has 1 fully saturated rings. The molecule has 0 radical (unpaired) electrons. The monoisotopic (exact) mass is 412 g/mol. The zero-order valence-corrected chi connectivity index (χ0v) is 16.6. The number of carbonyl (C=O) groups is 1. The number of aliphatic hydroxyl groups is 1. The number of hydrogen-bond acceptors (Lipinski definition) is 6. The second-order valence-corrected chi connectivity index (χ2v) is 8.69. The van der Waals surface area contributed by atoms with Crippen molar-refractivity contribution in [2.24, 2.45) is 0 Å². The van der Waals surface area contributed by atoms with Crippen molar-refractivity contribution in [3.63, 3.8) is 0 Å². The fraction of sp³-hybridized carbons (Fsp3) is 0.238. The molecular weight excluding hydrogens is 392 g/mol. The maximum Gasteiger partial charge on any atom is 0.264 e. The van der Waals surface area contributed by atoms with Gasteiger partial charge in [0.15, 0.2) is 0 Å². The summed E-state index contributed by atoms with van der Waals surface area (Å²) in [6.45, 7) is -0.185. The lowest BCUT2D eigenvalue weighted by Gasteiger charge is -2.19. The van der Waals surface area contributed by atoms with Gasteiger partial charge in [0, 0.05) is 17.1 Å². The van der Waals surface area contributed by atoms with Crippen LogP contribution in [-0.2, 0) is 26.8 Å². The van der Waals surface area contributed by atoms with Gasteiger partial charge in [-0.3, -0.25) is 9.78 Å². The number of hydrogen-bond donors (Lipinski definition) is 2. The van der Waals surface area contributed by atoms with Crippen molar-refractivity contribution in [2.75, 3.05) is 7.11 Å². The molecule has 1 heterocycles. The van der Waals surface area contributed by atoms with Crippen LogP contribution < -0.4 is 9.46 Å². The van der Waals surface area contributed by atoms with Gasteiger partial charge in [0.25, 0.3) is 10.0 Å². The molecule has 4 rings (SSSR count). The van der Waals surface area contributed by atoms with Crippen LogP contribution in [0.1, 0.15) is 24.0 Å². The molecule has 0 unspecified atom stereocenters. The highest BCUT2D eigenvalue weighted by molar-refractivity contribution is 7.90. The van der Waals surface area contributed by atoms with Crippen molar-refractivity contribution in [2.45, 2.75) is 29.8 Å². The minimum Gasteiger partial charge on any atom is -0.496 e. The minimum absolute atomic E-state index is 0.00308. The molecule has 0 saturated heterocycles. The van der Waals surface area contributed by atoms with Gasteiger partial charge in [-0.15, -0.1) is 0 Å². The fourth-order valence-electron chi connectivity index (χ4n) is 3.56. The lowest BCUT2D eigenvalue weighted by Crippen LogP contribution is -2.39. The molecule has 1 aliphatic rings. The fourth-order valence-corrected chi connectivity index (χ4v) is 4.82. The van der Waals surface area contributed by atoms with E-state index in [-0.39, 0.29) is 11.5 Å². The number of fused-ring (bicyclic) bond motifs is 1. The first-order chi connectivity index (χ1) is 13.9. The normalized spacial score (nSPS) is 15.1. The SMILES string of the molecule is COc1ccc(CO)cc1C1(C(=O)NS(=O)(=O)c2cccc3ncccc23)CC1. The molecule has 3 aromatic rings. The number of aromatic nitrogens is 1. The summed E-state index contributed by atoms with van der Waals surface area (Å²) in [6, 6.07) is 13.1. The zero-order valence-electron chi connectivity index (χ0n) is 15.8. The van der Waals surface area contributed by atoms with Gasteiger partial charge in [0.1, 0.15) is 5.75 Å². The second-order valence-electron chi connectivity index (χ2n) is 7.04. The summed E-state index contributed by atoms with van der Waals surface area (Å²) >= 11 is 0. The molecule has 1 aromatic heterocycles. The number of benzene rings is 2. The number of nitrogens with zero attached hydrogens (tertiary/aromatic N) is 1. The molecule has 0 bridgehead atoms. The Morgan fingerprint density at radius 2 is 2.00 bits per heavy atom. The second kappa shape index (κ2) is 7.13. The smallest absolute Gasteiger partial charge is 0.264 e. The highest BCUT2D eigenvalue weighted by atomic mass is 32.2. The molecule has 1 saturated carbocycles. The quantitative estimate of drug-likeness (QED) is 0.643. The van der Waals surface area contributed by atoms with Gasteiger partial charge >= 0.3 is 0 Å². The van der Waals surface area contributed by atoms with E-state index in [1.807, 2.05) is 0 Å². The van der Waals surface area contributed by atoms with Crippen molar-refractivity contribution in [3.8, 4) is 5.75 Å². The minimum atomic E-state index is -4.10. The van der Waals surface area contributed by atoms with E-state index in [4.69, 9.17) is 4.74 Å². The molecule has 1 aliphatic carbocycles. The number of rotatable bonds is 6. The molecule has 150 valence electrons. The lowest BCUT2D eigenvalue weighted by molar-refractivity contribution is -0.121. The highest BCUT2D eigenvalue weighted by Gasteiger charge is 2.54. The number of ether oxygens (including phenoxy) is 1. The van der Waals surface area contributed by atoms with Gasteiger partial charge < -0.3 is 9.84 Å². The Balaban J connectivity index is 1.71. The number of amides is 1. The largest absolute Gasteiger partial charge is 0.496 e. The lowest BCUT2D eigenvalue weighted by atomic mass is 9.92. The van der Waals surface area contributed by atoms with Crippen LogP contribution in [0, 0.1) is 0 Å². The Hall–Kier alpha value is -2.97. The van der Waals surface area contributed by atoms with E-state index in [1.165, 1.54) is 13.2 Å². The van der Waals surface area contributed by atoms with E-state index >= 15 is 0 Å². The predicted molar refractivity (Wildman–Crippen MR) is 107 cm³/mol. The molecule has 29 heavy (non-hydrogen) atoms. The Bertz CT molecular complexity index is 1200. The summed E-state index contributed by atoms with van der Waals surface area (Å²) in [5, 5.41) is 9.89. The van der Waals surface area contributed by atoms with Crippen LogP contribution >= 0.6 is 0 Å². The first kappa shape index (κ1) is 19.4. The Morgan fingerprint density at radius 1 is 1.21 bits per heavy atom. The first-order valence-electron chi connectivity index (χ1n) is 9.10. The van der Waals surface area contributed by atoms with E-state index in [2.05, 4.69) is 9.71 Å². The Morgan fingerprint density at radius 3 is 2.69 bits per heavy atom. The molecule has 0 aliphatic heterocycles. The standard InChI is InChI=1S/C21H20N2O5S/c1-28-18-8-7-14(13-24)12-16(18)21(9-10-21)20(25)23-29(26,27)19-6-2-5-17-15(19)4-3-11-22-17/h2-8,11-12,24H,9-10,13H2,1H3,(H,23,25). The Labute approximate surface area is 168 Å². The van der Waals surface area contributed by atoms with Crippen molar-refractivity contribution >= 4 is 26.8 Å². The van der Waals surface area contributed by atoms with Crippen molar-refractivity contribution < 1.29 is 23.1 Å². The maximum atomic E-state index is 13.1. The zero-order chi connectivity index (χ0) is 20.6. The molecule has 2 aromatic carbocycles. The number of pyridine rings is 1. The molecule has 8 heteroatoms. The summed E-state index contributed by atoms with van der Waals surface area (Å²) in [7, 11) is -2.61. The third kappa shape index (κ3) is 3.34. The average Bonchev–Trinajstić information content (AvgIpc) is 3.54. The average molecular weight is 412 g/mol. The maximum absolute atomic E-state index is 13.1. The van der Waals surface area contributed by atoms with Crippen LogP contribution in [0.2, 0.25) is 0 Å². The van der Waals surface area contributed by atoms with Crippen LogP contribution in [-0.4, -0.2) is 31.5 Å². The third-order valence-corrected chi connectivity index (χ3v) is 6.66. The van der Waals surface area contributed by atoms with Crippen LogP contribution in [0.5, 0.6) is 5.75 Å². The van der Waals surface area contributed by atoms with Crippen LogP contribution in [0.25, 0.3) is 10.9 Å². The number of sulfonamides is 1. The van der Waals surface area contributed by atoms with Crippen molar-refractivity contribution in [1.29, 1.82) is 0 Å². The van der Waals surface area contributed by atoms with Crippen molar-refractivity contribution in [1.82, 2.24) is 9.71 Å². The molecule has 0 atom stereocenters. The first-order valence-corrected chi connectivity index (χ1v) is 10.6. The third-order valence-electron chi connectivity index (χ3n) is 5.27. The van der Waals surface area contributed by atoms with Gasteiger partial charge in [0.05, 0.1) is 29.5 Å². The summed E-state index contributed by atoms with van der Waals surface area (Å²) in [6.07, 6.45) is 2.57. The van der Waals surface area contributed by atoms with Gasteiger partial charge in [-0.25, -0.2) is 13.1 Å². The van der Waals surface area contributed by atoms with Crippen LogP contribution in [0.4, 0.5) is 0 Å². The molecule has 0 spiro atoms. The van der Waals surface area contributed by atoms with Gasteiger partial charge in [0.2, 0.25) is 5.91 Å². The summed E-state index contributed by atoms with van der Waals surface area (Å²) in [4.78, 5) is 17.3. The topological polar surface area (TPSA) is 106 Å². The summed E-state index contributed by atoms with van der Waals surface area (Å²) < 4.78 is 33.6. The van der Waals surface area contributed by atoms with Crippen LogP contribution in [0.3, 0.4) is 0 Å². The van der Waals surface area contributed by atoms with E-state index in [0.717, 1.165) is 0 Å². The number of methoxy groups -OCH3 is 1. The number of aliphatic hydroxyl groups excluding tert-OH is 1. The van der Waals surface area contributed by atoms with E-state index in [9.17, 15) is 18.3 Å². The molecule has 7 nitrogen and oxygen atoms in total. The van der Waals surface area contributed by atoms with E-state index < -0.39 is 21.3 Å². The van der Waals surface area contributed by atoms with Gasteiger partial charge in [-0.1, -0.05) is 12.1 Å². The van der Waals surface area contributed by atoms with Crippen molar-refractivity contribution in [3.05, 3.63) is 65.9 Å². The number of nitrogens with one attached hydrogen (secondary N) is 1. The van der Waals surface area contributed by atoms with Gasteiger partial charge in [-0.05, 0) is 54.8 Å².